The van der Waals surface area contributed by atoms with Gasteiger partial charge in [-0.05, 0) is 70.0 Å². The van der Waals surface area contributed by atoms with Crippen LogP contribution in [0.1, 0.15) is 68.2 Å². The number of piperidine rings is 1. The van der Waals surface area contributed by atoms with Crippen LogP contribution in [0.3, 0.4) is 0 Å². The molecule has 4 N–H and O–H groups in total. The van der Waals surface area contributed by atoms with Crippen molar-refractivity contribution < 1.29 is 13.9 Å². The number of anilines is 2. The minimum atomic E-state index is -1.28. The number of fused-ring (bicyclic) bond motifs is 1. The van der Waals surface area contributed by atoms with Crippen molar-refractivity contribution in [2.75, 3.05) is 18.4 Å². The van der Waals surface area contributed by atoms with Crippen LogP contribution < -0.4 is 16.0 Å². The van der Waals surface area contributed by atoms with Crippen LogP contribution in [0, 0.1) is 5.92 Å². The zero-order chi connectivity index (χ0) is 24.3. The number of hydrogen-bond acceptors (Lipinski definition) is 7. The monoisotopic (exact) mass is 494 g/mol. The molecule has 1 amide bonds. The summed E-state index contributed by atoms with van der Waals surface area (Å²) in [6, 6.07) is 3.73. The summed E-state index contributed by atoms with van der Waals surface area (Å²) in [4.78, 5) is 17.2. The standard InChI is InChI=1S/C25H31FN8O2/c26-22-16(1-2-20(22)36-24(35)31-25-10-14(11-25)12-25)17-9-21(33-32-17)30-23-19-5-8-28-34(19)13-18(29-23)15-3-6-27-7-4-15/h5,8-9,13-16,20,22,27H,1-4,6-7,10-12H2,(H,31,35)(H2,29,30,32,33)/t14?,16-,20-,22-,25?/m1/s1. The largest absolute Gasteiger partial charge is 0.443 e. The van der Waals surface area contributed by atoms with Gasteiger partial charge in [-0.1, -0.05) is 0 Å². The number of aromatic nitrogens is 5. The maximum absolute atomic E-state index is 15.3. The molecule has 0 aromatic carbocycles. The van der Waals surface area contributed by atoms with Crippen LogP contribution in [0.2, 0.25) is 0 Å². The first-order valence-corrected chi connectivity index (χ1v) is 13.1. The Morgan fingerprint density at radius 2 is 2.03 bits per heavy atom. The average molecular weight is 495 g/mol. The van der Waals surface area contributed by atoms with Crippen LogP contribution >= 0.6 is 0 Å². The quantitative estimate of drug-likeness (QED) is 0.414. The predicted octanol–water partition coefficient (Wildman–Crippen LogP) is 3.53. The molecule has 0 spiro atoms. The molecule has 5 fully saturated rings. The maximum Gasteiger partial charge on any atom is 0.407 e. The van der Waals surface area contributed by atoms with Crippen LogP contribution in [0.15, 0.2) is 24.5 Å². The van der Waals surface area contributed by atoms with E-state index >= 15 is 4.39 Å². The van der Waals surface area contributed by atoms with E-state index in [-0.39, 0.29) is 5.54 Å². The van der Waals surface area contributed by atoms with Gasteiger partial charge >= 0.3 is 6.09 Å². The zero-order valence-corrected chi connectivity index (χ0v) is 20.0. The Kier molecular flexibility index (Phi) is 5.16. The normalized spacial score (nSPS) is 31.6. The molecule has 8 rings (SSSR count). The van der Waals surface area contributed by atoms with Gasteiger partial charge in [-0.3, -0.25) is 5.10 Å². The molecule has 36 heavy (non-hydrogen) atoms. The number of nitrogens with one attached hydrogen (secondary N) is 4. The molecule has 11 heteroatoms. The van der Waals surface area contributed by atoms with E-state index in [0.717, 1.165) is 62.3 Å². The number of rotatable bonds is 6. The molecule has 0 unspecified atom stereocenters. The van der Waals surface area contributed by atoms with Crippen molar-refractivity contribution in [2.24, 2.45) is 5.92 Å². The number of amides is 1. The molecule has 0 radical (unpaired) electrons. The van der Waals surface area contributed by atoms with E-state index in [2.05, 4.69) is 31.2 Å². The number of H-pyrrole nitrogens is 1. The highest BCUT2D eigenvalue weighted by molar-refractivity contribution is 5.72. The van der Waals surface area contributed by atoms with Gasteiger partial charge in [-0.15, -0.1) is 0 Å². The molecular weight excluding hydrogens is 463 g/mol. The third-order valence-electron chi connectivity index (χ3n) is 8.58. The molecule has 4 saturated carbocycles. The average Bonchev–Trinajstić information content (AvgIpc) is 3.57. The third kappa shape index (κ3) is 3.80. The summed E-state index contributed by atoms with van der Waals surface area (Å²) in [5, 5.41) is 21.4. The lowest BCUT2D eigenvalue weighted by Crippen LogP contribution is -2.68. The molecule has 3 aromatic rings. The maximum atomic E-state index is 15.3. The van der Waals surface area contributed by atoms with Crippen molar-refractivity contribution in [2.45, 2.75) is 74.6 Å². The molecule has 1 saturated heterocycles. The number of alkyl carbamates (subject to hydrolysis) is 1. The Balaban J connectivity index is 1.04. The van der Waals surface area contributed by atoms with E-state index in [1.807, 2.05) is 22.8 Å². The third-order valence-corrected chi connectivity index (χ3v) is 8.58. The van der Waals surface area contributed by atoms with Crippen LogP contribution in [0.25, 0.3) is 5.52 Å². The fourth-order valence-electron chi connectivity index (χ4n) is 6.45. The number of carbonyl (C=O) groups is 1. The fraction of sp³-hybridized carbons (Fsp3) is 0.600. The molecule has 1 aliphatic heterocycles. The Bertz CT molecular complexity index is 1270. The van der Waals surface area contributed by atoms with Gasteiger partial charge in [0, 0.05) is 29.1 Å². The predicted molar refractivity (Wildman–Crippen MR) is 130 cm³/mol. The van der Waals surface area contributed by atoms with Crippen molar-refractivity contribution in [1.29, 1.82) is 0 Å². The first kappa shape index (κ1) is 22.0. The Labute approximate surface area is 207 Å². The lowest BCUT2D eigenvalue weighted by Gasteiger charge is -2.61. The van der Waals surface area contributed by atoms with Crippen molar-refractivity contribution >= 4 is 23.2 Å². The smallest absolute Gasteiger partial charge is 0.407 e. The number of aromatic amines is 1. The summed E-state index contributed by atoms with van der Waals surface area (Å²) >= 11 is 0. The first-order valence-electron chi connectivity index (χ1n) is 13.1. The molecule has 4 aliphatic carbocycles. The number of nitrogens with zero attached hydrogens (tertiary/aromatic N) is 4. The SMILES string of the molecule is O=C(NC12CC(C1)C2)O[C@@H]1CC[C@H](c2cc(Nc3nc(C4CCNCC4)cn4nccc34)n[nH]2)[C@H]1F. The summed E-state index contributed by atoms with van der Waals surface area (Å²) in [5.74, 6) is 1.98. The minimum Gasteiger partial charge on any atom is -0.443 e. The molecule has 2 bridgehead atoms. The van der Waals surface area contributed by atoms with Crippen molar-refractivity contribution in [1.82, 2.24) is 35.4 Å². The summed E-state index contributed by atoms with van der Waals surface area (Å²) in [5.41, 5.74) is 2.47. The number of hydrogen-bond donors (Lipinski definition) is 4. The van der Waals surface area contributed by atoms with Gasteiger partial charge in [0.15, 0.2) is 11.6 Å². The fourth-order valence-corrected chi connectivity index (χ4v) is 6.45. The van der Waals surface area contributed by atoms with Gasteiger partial charge in [0.2, 0.25) is 0 Å². The van der Waals surface area contributed by atoms with Crippen molar-refractivity contribution in [3.8, 4) is 0 Å². The zero-order valence-electron chi connectivity index (χ0n) is 20.0. The molecule has 4 heterocycles. The first-order chi connectivity index (χ1) is 17.6. The van der Waals surface area contributed by atoms with Crippen LogP contribution in [-0.2, 0) is 4.74 Å². The van der Waals surface area contributed by atoms with Crippen LogP contribution in [0.4, 0.5) is 20.8 Å². The second kappa shape index (κ2) is 8.43. The number of ether oxygens (including phenoxy) is 1. The lowest BCUT2D eigenvalue weighted by atomic mass is 9.50. The van der Waals surface area contributed by atoms with Crippen molar-refractivity contribution in [3.05, 3.63) is 35.9 Å². The van der Waals surface area contributed by atoms with Gasteiger partial charge in [0.1, 0.15) is 17.8 Å². The van der Waals surface area contributed by atoms with Gasteiger partial charge in [-0.25, -0.2) is 18.7 Å². The summed E-state index contributed by atoms with van der Waals surface area (Å²) in [7, 11) is 0. The molecule has 190 valence electrons. The van der Waals surface area contributed by atoms with E-state index in [1.165, 1.54) is 0 Å². The molecule has 10 nitrogen and oxygen atoms in total. The molecule has 5 aliphatic rings. The van der Waals surface area contributed by atoms with Crippen molar-refractivity contribution in [3.63, 3.8) is 0 Å². The number of alkyl halides is 1. The van der Waals surface area contributed by atoms with Crippen LogP contribution in [0.5, 0.6) is 0 Å². The van der Waals surface area contributed by atoms with E-state index in [4.69, 9.17) is 9.72 Å². The minimum absolute atomic E-state index is 0.0738. The van der Waals surface area contributed by atoms with Gasteiger partial charge < -0.3 is 20.7 Å². The summed E-state index contributed by atoms with van der Waals surface area (Å²) < 4.78 is 22.6. The summed E-state index contributed by atoms with van der Waals surface area (Å²) in [6.07, 6.45) is 7.48. The number of carbonyl (C=O) groups excluding carboxylic acids is 1. The van der Waals surface area contributed by atoms with Gasteiger partial charge in [0.25, 0.3) is 0 Å². The Morgan fingerprint density at radius 1 is 1.19 bits per heavy atom. The molecule has 3 aromatic heterocycles. The van der Waals surface area contributed by atoms with E-state index in [9.17, 15) is 4.79 Å². The highest BCUT2D eigenvalue weighted by Crippen LogP contribution is 2.57. The topological polar surface area (TPSA) is 121 Å². The van der Waals surface area contributed by atoms with Crippen LogP contribution in [-0.4, -0.2) is 61.8 Å². The second-order valence-corrected chi connectivity index (χ2v) is 11.0. The summed E-state index contributed by atoms with van der Waals surface area (Å²) in [6.45, 7) is 1.96. The lowest BCUT2D eigenvalue weighted by molar-refractivity contribution is -0.0532. The Morgan fingerprint density at radius 3 is 2.81 bits per heavy atom. The van der Waals surface area contributed by atoms with E-state index in [1.54, 1.807) is 6.20 Å². The molecular formula is C25H31FN8O2. The molecule has 3 atom stereocenters. The van der Waals surface area contributed by atoms with Gasteiger partial charge in [-0.2, -0.15) is 10.2 Å². The van der Waals surface area contributed by atoms with Gasteiger partial charge in [0.05, 0.1) is 18.1 Å². The van der Waals surface area contributed by atoms with E-state index in [0.29, 0.717) is 36.1 Å². The Hall–Kier alpha value is -3.21. The number of halogens is 1. The highest BCUT2D eigenvalue weighted by atomic mass is 19.1. The van der Waals surface area contributed by atoms with E-state index < -0.39 is 24.3 Å². The highest BCUT2D eigenvalue weighted by Gasteiger charge is 2.58. The second-order valence-electron chi connectivity index (χ2n) is 11.0.